The lowest BCUT2D eigenvalue weighted by Crippen LogP contribution is -2.57. The van der Waals surface area contributed by atoms with Gasteiger partial charge in [0.1, 0.15) is 0 Å². The lowest BCUT2D eigenvalue weighted by Gasteiger charge is -2.62. The van der Waals surface area contributed by atoms with Crippen LogP contribution in [0.1, 0.15) is 126 Å². The highest BCUT2D eigenvalue weighted by Gasteiger charge is 2.61. The molecule has 0 amide bonds. The molecule has 0 aromatic heterocycles. The molecule has 2 heteroatoms. The Labute approximate surface area is 207 Å². The summed E-state index contributed by atoms with van der Waals surface area (Å²) < 4.78 is 4.83. The molecule has 0 radical (unpaired) electrons. The van der Waals surface area contributed by atoms with E-state index in [4.69, 9.17) is 4.74 Å². The number of aliphatic hydroxyl groups is 1. The Hall–Kier alpha value is -0.0800. The largest absolute Gasteiger partial charge is 0.393 e. The van der Waals surface area contributed by atoms with Crippen molar-refractivity contribution in [3.05, 3.63) is 0 Å². The zero-order valence-electron chi connectivity index (χ0n) is 23.4. The van der Waals surface area contributed by atoms with Gasteiger partial charge in [-0.15, -0.1) is 0 Å². The monoisotopic (exact) mass is 462 g/mol. The van der Waals surface area contributed by atoms with Gasteiger partial charge in [0.2, 0.25) is 0 Å². The molecule has 1 unspecified atom stereocenters. The van der Waals surface area contributed by atoms with Gasteiger partial charge in [0.05, 0.1) is 6.10 Å². The Morgan fingerprint density at radius 2 is 1.58 bits per heavy atom. The summed E-state index contributed by atoms with van der Waals surface area (Å²) in [7, 11) is 0. The second kappa shape index (κ2) is 11.8. The molecule has 33 heavy (non-hydrogen) atoms. The molecule has 4 aliphatic carbocycles. The molecule has 194 valence electrons. The summed E-state index contributed by atoms with van der Waals surface area (Å²) in [4.78, 5) is 0. The Bertz CT molecular complexity index is 585. The summed E-state index contributed by atoms with van der Waals surface area (Å²) in [6.45, 7) is 18.2. The first kappa shape index (κ1) is 27.5. The highest BCUT2D eigenvalue weighted by molar-refractivity contribution is 5.10. The topological polar surface area (TPSA) is 29.5 Å². The van der Waals surface area contributed by atoms with Crippen LogP contribution in [-0.4, -0.2) is 24.4 Å². The van der Waals surface area contributed by atoms with Crippen LogP contribution in [0.15, 0.2) is 0 Å². The average molecular weight is 463 g/mol. The molecule has 0 heterocycles. The first-order valence-electron chi connectivity index (χ1n) is 15.0. The Morgan fingerprint density at radius 1 is 0.848 bits per heavy atom. The van der Waals surface area contributed by atoms with E-state index in [0.29, 0.717) is 5.41 Å². The van der Waals surface area contributed by atoms with E-state index >= 15 is 0 Å². The van der Waals surface area contributed by atoms with Gasteiger partial charge in [-0.1, -0.05) is 60.3 Å². The third kappa shape index (κ3) is 5.52. The van der Waals surface area contributed by atoms with E-state index in [1.807, 2.05) is 13.8 Å². The molecular weight excluding hydrogens is 404 g/mol. The number of ether oxygens (including phenoxy) is 1. The molecule has 2 nitrogen and oxygen atoms in total. The molecule has 0 aromatic carbocycles. The van der Waals surface area contributed by atoms with E-state index in [1.165, 1.54) is 70.6 Å². The first-order valence-corrected chi connectivity index (χ1v) is 15.0. The van der Waals surface area contributed by atoms with Gasteiger partial charge in [-0.2, -0.15) is 0 Å². The third-order valence-corrected chi connectivity index (χ3v) is 11.3. The predicted octanol–water partition coefficient (Wildman–Crippen LogP) is 8.51. The van der Waals surface area contributed by atoms with Gasteiger partial charge in [-0.05, 0) is 117 Å². The molecule has 0 aromatic rings. The van der Waals surface area contributed by atoms with Gasteiger partial charge in [-0.25, -0.2) is 0 Å². The fraction of sp³-hybridized carbons (Fsp3) is 1.00. The van der Waals surface area contributed by atoms with Crippen LogP contribution in [-0.2, 0) is 4.74 Å². The van der Waals surface area contributed by atoms with Crippen molar-refractivity contribution in [3.63, 3.8) is 0 Å². The first-order chi connectivity index (χ1) is 15.7. The highest BCUT2D eigenvalue weighted by Crippen LogP contribution is 2.68. The third-order valence-electron chi connectivity index (χ3n) is 11.3. The van der Waals surface area contributed by atoms with Crippen molar-refractivity contribution in [1.29, 1.82) is 0 Å². The van der Waals surface area contributed by atoms with Gasteiger partial charge < -0.3 is 9.84 Å². The van der Waals surface area contributed by atoms with Crippen LogP contribution >= 0.6 is 0 Å². The smallest absolute Gasteiger partial charge is 0.0599 e. The van der Waals surface area contributed by atoms with Gasteiger partial charge in [0.15, 0.2) is 0 Å². The van der Waals surface area contributed by atoms with Crippen LogP contribution in [0.25, 0.3) is 0 Å². The quantitative estimate of drug-likeness (QED) is 0.411. The van der Waals surface area contributed by atoms with Crippen LogP contribution in [0.5, 0.6) is 0 Å². The summed E-state index contributed by atoms with van der Waals surface area (Å²) in [5.74, 6) is 6.15. The van der Waals surface area contributed by atoms with E-state index in [9.17, 15) is 5.11 Å². The van der Waals surface area contributed by atoms with E-state index < -0.39 is 0 Å². The van der Waals surface area contributed by atoms with Gasteiger partial charge in [-0.3, -0.25) is 0 Å². The predicted molar refractivity (Wildman–Crippen MR) is 141 cm³/mol. The fourth-order valence-corrected chi connectivity index (χ4v) is 9.54. The molecule has 4 rings (SSSR count). The van der Waals surface area contributed by atoms with Crippen molar-refractivity contribution < 1.29 is 9.84 Å². The maximum Gasteiger partial charge on any atom is 0.0599 e. The zero-order valence-corrected chi connectivity index (χ0v) is 23.4. The highest BCUT2D eigenvalue weighted by atomic mass is 16.5. The number of aliphatic hydroxyl groups excluding tert-OH is 1. The van der Waals surface area contributed by atoms with Crippen LogP contribution in [0, 0.1) is 52.3 Å². The number of fused-ring (bicyclic) bond motifs is 5. The van der Waals surface area contributed by atoms with Crippen molar-refractivity contribution in [2.75, 3.05) is 13.2 Å². The number of hydrogen-bond donors (Lipinski definition) is 1. The maximum absolute atomic E-state index is 11.1. The Morgan fingerprint density at radius 3 is 2.21 bits per heavy atom. The molecule has 4 aliphatic rings. The lowest BCUT2D eigenvalue weighted by molar-refractivity contribution is -0.164. The minimum atomic E-state index is -0.0319. The minimum Gasteiger partial charge on any atom is -0.393 e. The molecule has 1 N–H and O–H groups in total. The second-order valence-electron chi connectivity index (χ2n) is 13.3. The second-order valence-corrected chi connectivity index (χ2v) is 13.3. The fourth-order valence-electron chi connectivity index (χ4n) is 9.54. The molecule has 4 fully saturated rings. The number of rotatable bonds is 7. The summed E-state index contributed by atoms with van der Waals surface area (Å²) in [6.07, 6.45) is 16.6. The molecular formula is C31H58O2. The zero-order chi connectivity index (χ0) is 24.2. The van der Waals surface area contributed by atoms with E-state index in [0.717, 1.165) is 61.1 Å². The average Bonchev–Trinajstić information content (AvgIpc) is 3.13. The SMILES string of the molecule is CC(C)CCC[C@@H](C)[C@H]1CC[C@H]2[C@@H]3CC[C@@H]4CCCC(O)[C@]4(C)[C@H]3CC[C@]12C.CCOCC. The van der Waals surface area contributed by atoms with Crippen molar-refractivity contribution >= 4 is 0 Å². The molecule has 0 aliphatic heterocycles. The molecule has 9 atom stereocenters. The van der Waals surface area contributed by atoms with Crippen molar-refractivity contribution in [3.8, 4) is 0 Å². The van der Waals surface area contributed by atoms with Gasteiger partial charge in [0.25, 0.3) is 0 Å². The van der Waals surface area contributed by atoms with Crippen molar-refractivity contribution in [1.82, 2.24) is 0 Å². The minimum absolute atomic E-state index is 0.0319. The van der Waals surface area contributed by atoms with Crippen LogP contribution in [0.4, 0.5) is 0 Å². The van der Waals surface area contributed by atoms with Gasteiger partial charge >= 0.3 is 0 Å². The maximum atomic E-state index is 11.1. The normalized spacial score (nSPS) is 43.2. The van der Waals surface area contributed by atoms with E-state index in [1.54, 1.807) is 0 Å². The van der Waals surface area contributed by atoms with Crippen molar-refractivity contribution in [2.24, 2.45) is 52.3 Å². The molecule has 0 saturated heterocycles. The molecule has 4 saturated carbocycles. The van der Waals surface area contributed by atoms with E-state index in [-0.39, 0.29) is 11.5 Å². The lowest BCUT2D eigenvalue weighted by atomic mass is 9.44. The Balaban J connectivity index is 0.000000555. The van der Waals surface area contributed by atoms with Crippen LogP contribution < -0.4 is 0 Å². The Kier molecular flexibility index (Phi) is 9.81. The summed E-state index contributed by atoms with van der Waals surface area (Å²) in [5, 5.41) is 11.1. The van der Waals surface area contributed by atoms with E-state index in [2.05, 4.69) is 34.6 Å². The van der Waals surface area contributed by atoms with Crippen LogP contribution in [0.2, 0.25) is 0 Å². The van der Waals surface area contributed by atoms with Crippen molar-refractivity contribution in [2.45, 2.75) is 132 Å². The number of hydrogen-bond acceptors (Lipinski definition) is 2. The summed E-state index contributed by atoms with van der Waals surface area (Å²) in [6, 6.07) is 0. The van der Waals surface area contributed by atoms with Gasteiger partial charge in [0, 0.05) is 13.2 Å². The summed E-state index contributed by atoms with van der Waals surface area (Å²) >= 11 is 0. The molecule has 0 bridgehead atoms. The summed E-state index contributed by atoms with van der Waals surface area (Å²) in [5.41, 5.74) is 0.810. The van der Waals surface area contributed by atoms with Crippen LogP contribution in [0.3, 0.4) is 0 Å². The molecule has 0 spiro atoms. The standard InChI is InChI=1S/C27H48O.C4H10O/c1-18(2)8-6-9-19(3)22-14-15-23-21-13-12-20-10-7-11-25(28)27(20,5)24(21)16-17-26(22,23)4;1-3-5-4-2/h18-25,28H,6-17H2,1-5H3;3-4H2,1-2H3/t19-,20+,21+,22-,23+,24+,25?,26-,27+;/m1./s1.